The molecule has 0 aromatic heterocycles. The van der Waals surface area contributed by atoms with Crippen LogP contribution in [-0.2, 0) is 9.78 Å². The quantitative estimate of drug-likeness (QED) is 0.190. The minimum Gasteiger partial charge on any atom is -0.293 e. The molecule has 0 bridgehead atoms. The Morgan fingerprint density at radius 3 is 1.92 bits per heavy atom. The van der Waals surface area contributed by atoms with Gasteiger partial charge >= 0.3 is 5.97 Å². The Morgan fingerprint density at radius 2 is 1.35 bits per heavy atom. The van der Waals surface area contributed by atoms with Crippen LogP contribution in [0.1, 0.15) is 105 Å². The lowest BCUT2D eigenvalue weighted by atomic mass is 10.0. The Bertz CT molecular complexity index is 496. The first-order valence-electron chi connectivity index (χ1n) is 10.6. The molecule has 3 heteroatoms. The van der Waals surface area contributed by atoms with E-state index in [2.05, 4.69) is 6.92 Å². The van der Waals surface area contributed by atoms with Gasteiger partial charge in [-0.1, -0.05) is 89.7 Å². The van der Waals surface area contributed by atoms with Crippen LogP contribution in [0.25, 0.3) is 0 Å². The molecule has 0 fully saturated rings. The van der Waals surface area contributed by atoms with E-state index in [1.807, 2.05) is 26.0 Å². The molecule has 0 saturated heterocycles. The van der Waals surface area contributed by atoms with Gasteiger partial charge in [0.1, 0.15) is 0 Å². The zero-order valence-electron chi connectivity index (χ0n) is 17.1. The monoisotopic (exact) mass is 362 g/mol. The maximum absolute atomic E-state index is 12.0. The molecule has 0 spiro atoms. The number of carbonyl (C=O) groups is 1. The molecule has 0 N–H and O–H groups in total. The van der Waals surface area contributed by atoms with Gasteiger partial charge < -0.3 is 0 Å². The SMILES string of the molecule is CCCCCCCCCCCCCCOOC(=O)c1cccc(C)c1C. The summed E-state index contributed by atoms with van der Waals surface area (Å²) >= 11 is 0. The molecular formula is C23H38O3. The zero-order chi connectivity index (χ0) is 19.0. The van der Waals surface area contributed by atoms with Crippen LogP contribution in [0.3, 0.4) is 0 Å². The lowest BCUT2D eigenvalue weighted by Crippen LogP contribution is -2.09. The topological polar surface area (TPSA) is 35.5 Å². The largest absolute Gasteiger partial charge is 0.373 e. The normalized spacial score (nSPS) is 10.9. The van der Waals surface area contributed by atoms with Crippen LogP contribution in [0.2, 0.25) is 0 Å². The van der Waals surface area contributed by atoms with E-state index >= 15 is 0 Å². The molecule has 0 atom stereocenters. The summed E-state index contributed by atoms with van der Waals surface area (Å²) in [5, 5.41) is 0. The summed E-state index contributed by atoms with van der Waals surface area (Å²) < 4.78 is 0. The molecule has 26 heavy (non-hydrogen) atoms. The second-order valence-electron chi connectivity index (χ2n) is 7.33. The fourth-order valence-corrected chi connectivity index (χ4v) is 3.11. The minimum absolute atomic E-state index is 0.398. The highest BCUT2D eigenvalue weighted by Gasteiger charge is 2.12. The Morgan fingerprint density at radius 1 is 0.808 bits per heavy atom. The number of carbonyl (C=O) groups excluding carboxylic acids is 1. The molecular weight excluding hydrogens is 324 g/mol. The van der Waals surface area contributed by atoms with E-state index in [0.29, 0.717) is 12.2 Å². The molecule has 0 amide bonds. The minimum atomic E-state index is -0.398. The number of aryl methyl sites for hydroxylation is 1. The van der Waals surface area contributed by atoms with Crippen LogP contribution in [0, 0.1) is 13.8 Å². The van der Waals surface area contributed by atoms with E-state index in [9.17, 15) is 4.79 Å². The van der Waals surface area contributed by atoms with Crippen LogP contribution < -0.4 is 0 Å². The lowest BCUT2D eigenvalue weighted by Gasteiger charge is -2.07. The maximum atomic E-state index is 12.0. The predicted molar refractivity (Wildman–Crippen MR) is 108 cm³/mol. The van der Waals surface area contributed by atoms with Crippen molar-refractivity contribution in [3.05, 3.63) is 34.9 Å². The van der Waals surface area contributed by atoms with Crippen molar-refractivity contribution in [2.24, 2.45) is 0 Å². The standard InChI is InChI=1S/C23H38O3/c1-4-5-6-7-8-9-10-11-12-13-14-15-19-25-26-23(24)22-18-16-17-20(2)21(22)3/h16-18H,4-15,19H2,1-3H3. The predicted octanol–water partition coefficient (Wildman–Crippen LogP) is 7.09. The molecule has 148 valence electrons. The Kier molecular flexibility index (Phi) is 12.9. The van der Waals surface area contributed by atoms with Crippen molar-refractivity contribution in [2.45, 2.75) is 97.8 Å². The summed E-state index contributed by atoms with van der Waals surface area (Å²) in [4.78, 5) is 22.0. The summed E-state index contributed by atoms with van der Waals surface area (Å²) in [6, 6.07) is 5.63. The van der Waals surface area contributed by atoms with Crippen LogP contribution in [0.5, 0.6) is 0 Å². The molecule has 0 aliphatic heterocycles. The molecule has 0 aliphatic carbocycles. The highest BCUT2D eigenvalue weighted by Crippen LogP contribution is 2.14. The van der Waals surface area contributed by atoms with E-state index in [1.54, 1.807) is 6.07 Å². The third-order valence-electron chi connectivity index (χ3n) is 5.04. The van der Waals surface area contributed by atoms with E-state index in [0.717, 1.165) is 24.0 Å². The van der Waals surface area contributed by atoms with Crippen molar-refractivity contribution in [1.82, 2.24) is 0 Å². The van der Waals surface area contributed by atoms with E-state index in [4.69, 9.17) is 9.78 Å². The highest BCUT2D eigenvalue weighted by atomic mass is 17.2. The third kappa shape index (κ3) is 9.96. The number of rotatable bonds is 15. The molecule has 0 unspecified atom stereocenters. The van der Waals surface area contributed by atoms with Crippen LogP contribution >= 0.6 is 0 Å². The summed E-state index contributed by atoms with van der Waals surface area (Å²) in [5.41, 5.74) is 2.62. The average molecular weight is 363 g/mol. The Labute approximate surface area is 160 Å². The van der Waals surface area contributed by atoms with Crippen LogP contribution in [-0.4, -0.2) is 12.6 Å². The molecule has 0 aliphatic rings. The summed E-state index contributed by atoms with van der Waals surface area (Å²) in [6.07, 6.45) is 15.7. The molecule has 1 aromatic carbocycles. The van der Waals surface area contributed by atoms with Gasteiger partial charge in [-0.2, -0.15) is 4.89 Å². The Hall–Kier alpha value is -1.35. The fourth-order valence-electron chi connectivity index (χ4n) is 3.11. The first kappa shape index (κ1) is 22.7. The van der Waals surface area contributed by atoms with Gasteiger partial charge in [-0.05, 0) is 37.5 Å². The first-order chi connectivity index (χ1) is 12.7. The van der Waals surface area contributed by atoms with Gasteiger partial charge in [-0.25, -0.2) is 4.79 Å². The number of hydrogen-bond donors (Lipinski definition) is 0. The molecule has 3 nitrogen and oxygen atoms in total. The van der Waals surface area contributed by atoms with Crippen molar-refractivity contribution < 1.29 is 14.6 Å². The summed E-state index contributed by atoms with van der Waals surface area (Å²) in [5.74, 6) is -0.398. The number of unbranched alkanes of at least 4 members (excludes halogenated alkanes) is 11. The Balaban J connectivity index is 1.92. The molecule has 0 saturated carbocycles. The second kappa shape index (κ2) is 14.8. The number of benzene rings is 1. The average Bonchev–Trinajstić information content (AvgIpc) is 2.64. The number of hydrogen-bond acceptors (Lipinski definition) is 3. The lowest BCUT2D eigenvalue weighted by molar-refractivity contribution is -0.241. The van der Waals surface area contributed by atoms with Crippen molar-refractivity contribution in [3.63, 3.8) is 0 Å². The molecule has 0 heterocycles. The van der Waals surface area contributed by atoms with Gasteiger partial charge in [0.05, 0.1) is 12.2 Å². The third-order valence-corrected chi connectivity index (χ3v) is 5.04. The van der Waals surface area contributed by atoms with E-state index in [1.165, 1.54) is 64.2 Å². The van der Waals surface area contributed by atoms with Crippen molar-refractivity contribution in [2.75, 3.05) is 6.61 Å². The van der Waals surface area contributed by atoms with Gasteiger partial charge in [0, 0.05) is 0 Å². The molecule has 0 radical (unpaired) electrons. The van der Waals surface area contributed by atoms with Gasteiger partial charge in [-0.3, -0.25) is 4.89 Å². The summed E-state index contributed by atoms with van der Waals surface area (Å²) in [6.45, 7) is 6.66. The zero-order valence-corrected chi connectivity index (χ0v) is 17.1. The molecule has 1 rings (SSSR count). The van der Waals surface area contributed by atoms with E-state index in [-0.39, 0.29) is 0 Å². The van der Waals surface area contributed by atoms with Crippen LogP contribution in [0.4, 0.5) is 0 Å². The van der Waals surface area contributed by atoms with Crippen LogP contribution in [0.15, 0.2) is 18.2 Å². The highest BCUT2D eigenvalue weighted by molar-refractivity contribution is 5.90. The summed E-state index contributed by atoms with van der Waals surface area (Å²) in [7, 11) is 0. The molecule has 1 aromatic rings. The van der Waals surface area contributed by atoms with Crippen molar-refractivity contribution in [3.8, 4) is 0 Å². The fraction of sp³-hybridized carbons (Fsp3) is 0.696. The smallest absolute Gasteiger partial charge is 0.293 e. The second-order valence-corrected chi connectivity index (χ2v) is 7.33. The maximum Gasteiger partial charge on any atom is 0.373 e. The van der Waals surface area contributed by atoms with Gasteiger partial charge in [0.15, 0.2) is 0 Å². The van der Waals surface area contributed by atoms with Gasteiger partial charge in [0.25, 0.3) is 0 Å². The van der Waals surface area contributed by atoms with Crippen molar-refractivity contribution >= 4 is 5.97 Å². The first-order valence-corrected chi connectivity index (χ1v) is 10.6. The van der Waals surface area contributed by atoms with Gasteiger partial charge in [0.2, 0.25) is 0 Å². The van der Waals surface area contributed by atoms with E-state index < -0.39 is 5.97 Å². The van der Waals surface area contributed by atoms with Crippen molar-refractivity contribution in [1.29, 1.82) is 0 Å². The van der Waals surface area contributed by atoms with Gasteiger partial charge in [-0.15, -0.1) is 0 Å².